The lowest BCUT2D eigenvalue weighted by Gasteiger charge is -2.33. The van der Waals surface area contributed by atoms with E-state index in [1.165, 1.54) is 31.4 Å². The number of rotatable bonds is 2. The summed E-state index contributed by atoms with van der Waals surface area (Å²) in [5.41, 5.74) is 9.69. The summed E-state index contributed by atoms with van der Waals surface area (Å²) >= 11 is 1.68. The third-order valence-electron chi connectivity index (χ3n) is 4.02. The Hall–Kier alpha value is -0.410. The van der Waals surface area contributed by atoms with Gasteiger partial charge in [-0.25, -0.2) is 4.98 Å². The van der Waals surface area contributed by atoms with E-state index >= 15 is 0 Å². The average molecular weight is 208 g/mol. The summed E-state index contributed by atoms with van der Waals surface area (Å²) in [5.74, 6) is 1.69. The van der Waals surface area contributed by atoms with E-state index in [0.29, 0.717) is 0 Å². The molecule has 0 saturated heterocycles. The van der Waals surface area contributed by atoms with E-state index in [9.17, 15) is 0 Å². The SMILES string of the molecule is NC1(Cc2cscn2)CC2CCC1C2. The van der Waals surface area contributed by atoms with Crippen molar-refractivity contribution < 1.29 is 0 Å². The van der Waals surface area contributed by atoms with Gasteiger partial charge >= 0.3 is 0 Å². The fourth-order valence-corrected chi connectivity index (χ4v) is 3.92. The molecule has 2 fully saturated rings. The molecule has 76 valence electrons. The Labute approximate surface area is 88.5 Å². The molecule has 1 heterocycles. The van der Waals surface area contributed by atoms with Crippen molar-refractivity contribution in [2.45, 2.75) is 37.6 Å². The standard InChI is InChI=1S/C11H16N2S/c12-11(5-10-6-14-7-13-10)4-8-1-2-9(11)3-8/h6-9H,1-5,12H2. The van der Waals surface area contributed by atoms with Crippen molar-refractivity contribution in [1.82, 2.24) is 4.98 Å². The Bertz CT molecular complexity index is 322. The summed E-state index contributed by atoms with van der Waals surface area (Å²) in [6.45, 7) is 0. The van der Waals surface area contributed by atoms with E-state index in [1.807, 2.05) is 5.51 Å². The minimum absolute atomic E-state index is 0.0803. The largest absolute Gasteiger partial charge is 0.324 e. The quantitative estimate of drug-likeness (QED) is 0.809. The van der Waals surface area contributed by atoms with Gasteiger partial charge in [0.1, 0.15) is 0 Å². The van der Waals surface area contributed by atoms with Gasteiger partial charge < -0.3 is 5.73 Å². The van der Waals surface area contributed by atoms with Crippen LogP contribution in [0.3, 0.4) is 0 Å². The van der Waals surface area contributed by atoms with Crippen LogP contribution in [-0.2, 0) is 6.42 Å². The number of fused-ring (bicyclic) bond motifs is 2. The molecule has 14 heavy (non-hydrogen) atoms. The van der Waals surface area contributed by atoms with Gasteiger partial charge in [0.2, 0.25) is 0 Å². The van der Waals surface area contributed by atoms with E-state index in [-0.39, 0.29) is 5.54 Å². The zero-order valence-corrected chi connectivity index (χ0v) is 9.09. The van der Waals surface area contributed by atoms with Crippen LogP contribution in [0.1, 0.15) is 31.4 Å². The zero-order valence-electron chi connectivity index (χ0n) is 8.28. The average Bonchev–Trinajstić information content (AvgIpc) is 2.78. The second-order valence-electron chi connectivity index (χ2n) is 4.97. The number of aromatic nitrogens is 1. The lowest BCUT2D eigenvalue weighted by Crippen LogP contribution is -2.47. The Balaban J connectivity index is 1.78. The molecule has 3 atom stereocenters. The molecule has 0 aromatic carbocycles. The highest BCUT2D eigenvalue weighted by molar-refractivity contribution is 7.07. The van der Waals surface area contributed by atoms with Crippen molar-refractivity contribution in [3.05, 3.63) is 16.6 Å². The predicted molar refractivity (Wildman–Crippen MR) is 58.2 cm³/mol. The van der Waals surface area contributed by atoms with Crippen molar-refractivity contribution in [3.63, 3.8) is 0 Å². The highest BCUT2D eigenvalue weighted by Gasteiger charge is 2.48. The Morgan fingerprint density at radius 1 is 1.57 bits per heavy atom. The topological polar surface area (TPSA) is 38.9 Å². The minimum Gasteiger partial charge on any atom is -0.324 e. The molecular weight excluding hydrogens is 192 g/mol. The molecule has 2 N–H and O–H groups in total. The zero-order chi connectivity index (χ0) is 9.60. The van der Waals surface area contributed by atoms with Gasteiger partial charge in [0, 0.05) is 17.3 Å². The first-order valence-electron chi connectivity index (χ1n) is 5.42. The number of nitrogens with two attached hydrogens (primary N) is 1. The van der Waals surface area contributed by atoms with Crippen molar-refractivity contribution in [2.75, 3.05) is 0 Å². The maximum absolute atomic E-state index is 6.50. The maximum atomic E-state index is 6.50. The van der Waals surface area contributed by atoms with Crippen LogP contribution in [0.15, 0.2) is 10.9 Å². The van der Waals surface area contributed by atoms with Gasteiger partial charge in [-0.15, -0.1) is 11.3 Å². The second-order valence-corrected chi connectivity index (χ2v) is 5.69. The van der Waals surface area contributed by atoms with Crippen molar-refractivity contribution in [1.29, 1.82) is 0 Å². The third-order valence-corrected chi connectivity index (χ3v) is 4.65. The first-order chi connectivity index (χ1) is 6.76. The summed E-state index contributed by atoms with van der Waals surface area (Å²) < 4.78 is 0. The van der Waals surface area contributed by atoms with Crippen LogP contribution in [-0.4, -0.2) is 10.5 Å². The van der Waals surface area contributed by atoms with E-state index in [4.69, 9.17) is 5.73 Å². The van der Waals surface area contributed by atoms with Crippen LogP contribution in [0.4, 0.5) is 0 Å². The van der Waals surface area contributed by atoms with Crippen molar-refractivity contribution in [2.24, 2.45) is 17.6 Å². The molecule has 1 aromatic rings. The molecule has 3 heteroatoms. The Kier molecular flexibility index (Phi) is 1.92. The molecule has 2 aliphatic rings. The summed E-state index contributed by atoms with van der Waals surface area (Å²) in [6.07, 6.45) is 6.37. The molecule has 0 aliphatic heterocycles. The predicted octanol–water partition coefficient (Wildman–Crippen LogP) is 2.20. The van der Waals surface area contributed by atoms with Gasteiger partial charge in [0.25, 0.3) is 0 Å². The van der Waals surface area contributed by atoms with Gasteiger partial charge in [-0.2, -0.15) is 0 Å². The molecule has 2 aliphatic carbocycles. The molecule has 2 saturated carbocycles. The number of hydrogen-bond donors (Lipinski definition) is 1. The normalized spacial score (nSPS) is 40.6. The van der Waals surface area contributed by atoms with Crippen LogP contribution in [0.5, 0.6) is 0 Å². The summed E-state index contributed by atoms with van der Waals surface area (Å²) in [6, 6.07) is 0. The maximum Gasteiger partial charge on any atom is 0.0794 e. The summed E-state index contributed by atoms with van der Waals surface area (Å²) in [4.78, 5) is 4.35. The number of hydrogen-bond acceptors (Lipinski definition) is 3. The molecule has 2 nitrogen and oxygen atoms in total. The van der Waals surface area contributed by atoms with Gasteiger partial charge in [-0.05, 0) is 31.1 Å². The summed E-state index contributed by atoms with van der Waals surface area (Å²) in [7, 11) is 0. The highest BCUT2D eigenvalue weighted by atomic mass is 32.1. The van der Waals surface area contributed by atoms with Crippen LogP contribution < -0.4 is 5.73 Å². The van der Waals surface area contributed by atoms with Gasteiger partial charge in [0.05, 0.1) is 11.2 Å². The van der Waals surface area contributed by atoms with Gasteiger partial charge in [0.15, 0.2) is 0 Å². The van der Waals surface area contributed by atoms with E-state index in [0.717, 1.165) is 18.3 Å². The molecule has 0 spiro atoms. The minimum atomic E-state index is 0.0803. The fraction of sp³-hybridized carbons (Fsp3) is 0.727. The monoisotopic (exact) mass is 208 g/mol. The molecular formula is C11H16N2S. The number of thiazole rings is 1. The van der Waals surface area contributed by atoms with Crippen LogP contribution >= 0.6 is 11.3 Å². The van der Waals surface area contributed by atoms with E-state index in [2.05, 4.69) is 10.4 Å². The van der Waals surface area contributed by atoms with E-state index < -0.39 is 0 Å². The van der Waals surface area contributed by atoms with E-state index in [1.54, 1.807) is 11.3 Å². The highest BCUT2D eigenvalue weighted by Crippen LogP contribution is 2.50. The number of nitrogens with zero attached hydrogens (tertiary/aromatic N) is 1. The van der Waals surface area contributed by atoms with Crippen molar-refractivity contribution in [3.8, 4) is 0 Å². The van der Waals surface area contributed by atoms with Crippen LogP contribution in [0.2, 0.25) is 0 Å². The molecule has 0 amide bonds. The first kappa shape index (κ1) is 8.86. The molecule has 0 radical (unpaired) electrons. The Morgan fingerprint density at radius 3 is 3.07 bits per heavy atom. The smallest absolute Gasteiger partial charge is 0.0794 e. The van der Waals surface area contributed by atoms with Gasteiger partial charge in [-0.3, -0.25) is 0 Å². The Morgan fingerprint density at radius 2 is 2.50 bits per heavy atom. The molecule has 3 rings (SSSR count). The third kappa shape index (κ3) is 1.30. The molecule has 3 unspecified atom stereocenters. The molecule has 2 bridgehead atoms. The first-order valence-corrected chi connectivity index (χ1v) is 6.36. The van der Waals surface area contributed by atoms with Gasteiger partial charge in [-0.1, -0.05) is 6.42 Å². The molecule has 1 aromatic heterocycles. The second kappa shape index (κ2) is 3.04. The fourth-order valence-electron chi connectivity index (χ4n) is 3.37. The van der Waals surface area contributed by atoms with Crippen molar-refractivity contribution >= 4 is 11.3 Å². The lowest BCUT2D eigenvalue weighted by atomic mass is 9.79. The van der Waals surface area contributed by atoms with Crippen LogP contribution in [0.25, 0.3) is 0 Å². The summed E-state index contributed by atoms with van der Waals surface area (Å²) in [5, 5.41) is 2.14. The van der Waals surface area contributed by atoms with Crippen LogP contribution in [0, 0.1) is 11.8 Å². The lowest BCUT2D eigenvalue weighted by molar-refractivity contribution is 0.268.